The van der Waals surface area contributed by atoms with E-state index in [0.29, 0.717) is 0 Å². The summed E-state index contributed by atoms with van der Waals surface area (Å²) in [7, 11) is 0. The Morgan fingerprint density at radius 3 is 2.50 bits per heavy atom. The van der Waals surface area contributed by atoms with Crippen molar-refractivity contribution in [1.29, 1.82) is 5.26 Å². The summed E-state index contributed by atoms with van der Waals surface area (Å²) in [6.07, 6.45) is 0. The molecule has 3 heteroatoms. The Balaban J connectivity index is 2.88. The van der Waals surface area contributed by atoms with E-state index in [-0.39, 0.29) is 19.9 Å². The molecule has 2 N–H and O–H groups in total. The molecule has 0 heterocycles. The molecule has 0 saturated carbocycles. The van der Waals surface area contributed by atoms with Crippen molar-refractivity contribution in [1.82, 2.24) is 0 Å². The van der Waals surface area contributed by atoms with Gasteiger partial charge in [-0.25, -0.2) is 0 Å². The monoisotopic (exact) mass is 150 g/mol. The number of hydrogen-bond acceptors (Lipinski definition) is 2. The Morgan fingerprint density at radius 2 is 2.50 bits per heavy atom. The predicted octanol–water partition coefficient (Wildman–Crippen LogP) is -0.524. The maximum atomic E-state index is 7.93. The first-order chi connectivity index (χ1) is 2.77. The summed E-state index contributed by atoms with van der Waals surface area (Å²) in [5.41, 5.74) is 5.21. The molecule has 0 bridgehead atoms. The van der Waals surface area contributed by atoms with Gasteiger partial charge in [0, 0.05) is 0 Å². The van der Waals surface area contributed by atoms with Gasteiger partial charge < -0.3 is 0 Å². The number of nitrogens with two attached hydrogens (primary N) is 1. The second-order valence-corrected chi connectivity index (χ2v) is 3.35. The van der Waals surface area contributed by atoms with Crippen molar-refractivity contribution in [3.05, 3.63) is 0 Å². The van der Waals surface area contributed by atoms with Crippen molar-refractivity contribution < 1.29 is 0 Å². The van der Waals surface area contributed by atoms with Gasteiger partial charge in [-0.2, -0.15) is 0 Å². The minimum atomic E-state index is 0. The molecule has 0 aliphatic heterocycles. The molecule has 2 nitrogen and oxygen atoms in total. The van der Waals surface area contributed by atoms with Crippen LogP contribution in [0.25, 0.3) is 0 Å². The van der Waals surface area contributed by atoms with E-state index in [9.17, 15) is 0 Å². The van der Waals surface area contributed by atoms with Gasteiger partial charge in [-0.05, 0) is 0 Å². The van der Waals surface area contributed by atoms with Crippen LogP contribution in [0.15, 0.2) is 0 Å². The molecular weight excluding hydrogens is 143 g/mol. The molecular formula is C3H6N2Se. The SMILES string of the molecule is CC(N)[Se]C#N. The van der Waals surface area contributed by atoms with Crippen molar-refractivity contribution in [2.45, 2.75) is 11.9 Å². The molecule has 0 aromatic rings. The van der Waals surface area contributed by atoms with E-state index in [1.807, 2.05) is 11.9 Å². The van der Waals surface area contributed by atoms with Crippen molar-refractivity contribution in [3.63, 3.8) is 0 Å². The molecule has 0 spiro atoms. The Labute approximate surface area is 43.5 Å². The molecule has 0 aliphatic rings. The van der Waals surface area contributed by atoms with Crippen LogP contribution in [0.3, 0.4) is 0 Å². The number of nitriles is 1. The molecule has 1 atom stereocenters. The van der Waals surface area contributed by atoms with Crippen LogP contribution in [-0.2, 0) is 0 Å². The average Bonchev–Trinajstić information content (AvgIpc) is 1.35. The molecule has 0 aromatic carbocycles. The summed E-state index contributed by atoms with van der Waals surface area (Å²) in [5, 5.41) is 7.93. The third-order valence-corrected chi connectivity index (χ3v) is 1.24. The zero-order valence-electron chi connectivity index (χ0n) is 3.51. The minimum absolute atomic E-state index is 0. The Hall–Kier alpha value is -0.0305. The van der Waals surface area contributed by atoms with Crippen LogP contribution in [0.4, 0.5) is 0 Å². The second kappa shape index (κ2) is 3.17. The van der Waals surface area contributed by atoms with E-state index in [0.717, 1.165) is 0 Å². The second-order valence-electron chi connectivity index (χ2n) is 0.914. The fraction of sp³-hybridized carbons (Fsp3) is 0.667. The fourth-order valence-corrected chi connectivity index (χ4v) is 0.432. The summed E-state index contributed by atoms with van der Waals surface area (Å²) < 4.78 is 0. The van der Waals surface area contributed by atoms with E-state index < -0.39 is 0 Å². The summed E-state index contributed by atoms with van der Waals surface area (Å²) in [6.45, 7) is 1.84. The van der Waals surface area contributed by atoms with E-state index in [1.54, 1.807) is 0 Å². The first-order valence-electron chi connectivity index (χ1n) is 1.57. The predicted molar refractivity (Wildman–Crippen MR) is 25.0 cm³/mol. The summed E-state index contributed by atoms with van der Waals surface area (Å²) >= 11 is 0. The quantitative estimate of drug-likeness (QED) is 0.510. The van der Waals surface area contributed by atoms with E-state index in [1.165, 1.54) is 0 Å². The Bertz CT molecular complexity index is 63.7. The molecule has 34 valence electrons. The van der Waals surface area contributed by atoms with Crippen LogP contribution in [-0.4, -0.2) is 19.9 Å². The van der Waals surface area contributed by atoms with Gasteiger partial charge in [-0.1, -0.05) is 0 Å². The van der Waals surface area contributed by atoms with Crippen LogP contribution in [0.1, 0.15) is 6.92 Å². The molecule has 0 amide bonds. The molecule has 0 aliphatic carbocycles. The Kier molecular flexibility index (Phi) is 3.15. The first-order valence-corrected chi connectivity index (χ1v) is 3.42. The number of nitrogens with zero attached hydrogens (tertiary/aromatic N) is 1. The number of rotatable bonds is 1. The topological polar surface area (TPSA) is 49.8 Å². The molecule has 0 saturated heterocycles. The standard InChI is InChI=1S/C3H6N2Se/c1-3(5)6-2-4/h3H,5H2,1H3. The van der Waals surface area contributed by atoms with Gasteiger partial charge in [-0.15, -0.1) is 0 Å². The van der Waals surface area contributed by atoms with Crippen LogP contribution < -0.4 is 5.73 Å². The van der Waals surface area contributed by atoms with Crippen molar-refractivity contribution in [2.24, 2.45) is 5.73 Å². The normalized spacial score (nSPS) is 12.8. The molecule has 1 unspecified atom stereocenters. The summed E-state index contributed by atoms with van der Waals surface area (Å²) in [6, 6.07) is 0. The summed E-state index contributed by atoms with van der Waals surface area (Å²) in [4.78, 5) is 2.10. The van der Waals surface area contributed by atoms with Gasteiger partial charge in [0.25, 0.3) is 0 Å². The van der Waals surface area contributed by atoms with Gasteiger partial charge in [-0.3, -0.25) is 0 Å². The van der Waals surface area contributed by atoms with Crippen LogP contribution >= 0.6 is 0 Å². The van der Waals surface area contributed by atoms with Crippen molar-refractivity contribution in [2.75, 3.05) is 0 Å². The Morgan fingerprint density at radius 1 is 2.00 bits per heavy atom. The van der Waals surface area contributed by atoms with Gasteiger partial charge in [0.15, 0.2) is 0 Å². The third-order valence-electron chi connectivity index (χ3n) is 0.239. The van der Waals surface area contributed by atoms with Gasteiger partial charge in [0.1, 0.15) is 0 Å². The zero-order chi connectivity index (χ0) is 4.99. The maximum absolute atomic E-state index is 7.93. The van der Waals surface area contributed by atoms with E-state index >= 15 is 0 Å². The van der Waals surface area contributed by atoms with Crippen molar-refractivity contribution in [3.8, 4) is 4.97 Å². The van der Waals surface area contributed by atoms with Gasteiger partial charge >= 0.3 is 42.8 Å². The zero-order valence-corrected chi connectivity index (χ0v) is 5.22. The van der Waals surface area contributed by atoms with Gasteiger partial charge in [0.2, 0.25) is 0 Å². The van der Waals surface area contributed by atoms with Crippen LogP contribution in [0, 0.1) is 10.2 Å². The van der Waals surface area contributed by atoms with Crippen LogP contribution in [0.2, 0.25) is 0 Å². The third kappa shape index (κ3) is 3.97. The average molecular weight is 149 g/mol. The molecule has 6 heavy (non-hydrogen) atoms. The fourth-order valence-electron chi connectivity index (χ4n) is 0.0831. The molecule has 0 aromatic heterocycles. The van der Waals surface area contributed by atoms with E-state index in [2.05, 4.69) is 0 Å². The van der Waals surface area contributed by atoms with E-state index in [4.69, 9.17) is 11.0 Å². The van der Waals surface area contributed by atoms with Crippen LogP contribution in [0.5, 0.6) is 0 Å². The number of hydrogen-bond donors (Lipinski definition) is 1. The first kappa shape index (κ1) is 5.97. The molecule has 0 rings (SSSR count). The molecule has 0 radical (unpaired) electrons. The van der Waals surface area contributed by atoms with Crippen molar-refractivity contribution >= 4 is 15.0 Å². The summed E-state index contributed by atoms with van der Waals surface area (Å²) in [5.74, 6) is 0. The molecule has 0 fully saturated rings. The van der Waals surface area contributed by atoms with Gasteiger partial charge in [0.05, 0.1) is 0 Å².